The lowest BCUT2D eigenvalue weighted by Gasteiger charge is -2.16. The molecule has 0 spiro atoms. The summed E-state index contributed by atoms with van der Waals surface area (Å²) in [5, 5.41) is 3.10. The van der Waals surface area contributed by atoms with Gasteiger partial charge >= 0.3 is 0 Å². The third kappa shape index (κ3) is 3.43. The van der Waals surface area contributed by atoms with Gasteiger partial charge in [0.05, 0.1) is 21.3 Å². The summed E-state index contributed by atoms with van der Waals surface area (Å²) in [6, 6.07) is 3.83. The van der Waals surface area contributed by atoms with E-state index in [1.807, 2.05) is 14.0 Å². The molecule has 0 radical (unpaired) electrons. The molecule has 5 heteroatoms. The Bertz CT molecular complexity index is 356. The molecule has 1 unspecified atom stereocenters. The summed E-state index contributed by atoms with van der Waals surface area (Å²) in [6.07, 6.45) is 0. The number of methoxy groups -OCH3 is 3. The molecule has 0 saturated carbocycles. The van der Waals surface area contributed by atoms with Crippen LogP contribution in [0.1, 0.15) is 6.92 Å². The maximum absolute atomic E-state index is 5.67. The second-order valence-corrected chi connectivity index (χ2v) is 3.86. The number of ether oxygens (including phenoxy) is 4. The lowest BCUT2D eigenvalue weighted by atomic mass is 10.2. The first-order valence-corrected chi connectivity index (χ1v) is 5.76. The van der Waals surface area contributed by atoms with E-state index in [-0.39, 0.29) is 6.04 Å². The van der Waals surface area contributed by atoms with Gasteiger partial charge in [-0.25, -0.2) is 0 Å². The molecule has 5 nitrogen and oxygen atoms in total. The molecule has 0 fully saturated rings. The van der Waals surface area contributed by atoms with Crippen LogP contribution in [0.3, 0.4) is 0 Å². The summed E-state index contributed by atoms with van der Waals surface area (Å²) in [7, 11) is 6.63. The number of benzene rings is 1. The van der Waals surface area contributed by atoms with Gasteiger partial charge in [0.1, 0.15) is 12.4 Å². The summed E-state index contributed by atoms with van der Waals surface area (Å²) < 4.78 is 21.4. The Labute approximate surface area is 108 Å². The first-order valence-electron chi connectivity index (χ1n) is 5.76. The Morgan fingerprint density at radius 3 is 2.00 bits per heavy atom. The molecule has 1 aromatic rings. The van der Waals surface area contributed by atoms with Crippen LogP contribution in [0.25, 0.3) is 0 Å². The predicted octanol–water partition coefficient (Wildman–Crippen LogP) is 1.70. The lowest BCUT2D eigenvalue weighted by Crippen LogP contribution is -2.28. The highest BCUT2D eigenvalue weighted by Crippen LogP contribution is 2.40. The van der Waals surface area contributed by atoms with E-state index in [1.165, 1.54) is 0 Å². The van der Waals surface area contributed by atoms with Gasteiger partial charge in [0.15, 0.2) is 11.5 Å². The van der Waals surface area contributed by atoms with Crippen molar-refractivity contribution in [2.45, 2.75) is 13.0 Å². The monoisotopic (exact) mass is 255 g/mol. The Balaban J connectivity index is 2.93. The SMILES string of the molecule is CNC(C)COc1cc(OC)c(OC)c(OC)c1. The van der Waals surface area contributed by atoms with Crippen LogP contribution in [0.4, 0.5) is 0 Å². The number of hydrogen-bond donors (Lipinski definition) is 1. The molecule has 0 bridgehead atoms. The minimum atomic E-state index is 0.268. The minimum Gasteiger partial charge on any atom is -0.493 e. The average Bonchev–Trinajstić information content (AvgIpc) is 2.43. The highest BCUT2D eigenvalue weighted by molar-refractivity contribution is 5.55. The van der Waals surface area contributed by atoms with E-state index >= 15 is 0 Å². The topological polar surface area (TPSA) is 49.0 Å². The summed E-state index contributed by atoms with van der Waals surface area (Å²) in [6.45, 7) is 2.60. The van der Waals surface area contributed by atoms with Gasteiger partial charge in [0, 0.05) is 18.2 Å². The minimum absolute atomic E-state index is 0.268. The van der Waals surface area contributed by atoms with Crippen LogP contribution < -0.4 is 24.3 Å². The third-order valence-electron chi connectivity index (χ3n) is 2.63. The summed E-state index contributed by atoms with van der Waals surface area (Å²) in [4.78, 5) is 0. The molecule has 0 saturated heterocycles. The van der Waals surface area contributed by atoms with Crippen molar-refractivity contribution in [2.24, 2.45) is 0 Å². The molecule has 1 N–H and O–H groups in total. The highest BCUT2D eigenvalue weighted by atomic mass is 16.5. The van der Waals surface area contributed by atoms with Crippen LogP contribution in [0.5, 0.6) is 23.0 Å². The highest BCUT2D eigenvalue weighted by Gasteiger charge is 2.14. The van der Waals surface area contributed by atoms with Crippen molar-refractivity contribution >= 4 is 0 Å². The van der Waals surface area contributed by atoms with Crippen LogP contribution in [0.2, 0.25) is 0 Å². The van der Waals surface area contributed by atoms with Crippen LogP contribution >= 0.6 is 0 Å². The average molecular weight is 255 g/mol. The molecular formula is C13H21NO4. The van der Waals surface area contributed by atoms with Gasteiger partial charge in [0.25, 0.3) is 0 Å². The van der Waals surface area contributed by atoms with E-state index in [9.17, 15) is 0 Å². The standard InChI is InChI=1S/C13H21NO4/c1-9(14-2)8-18-10-6-11(15-3)13(17-5)12(7-10)16-4/h6-7,9,14H,8H2,1-5H3. The third-order valence-corrected chi connectivity index (χ3v) is 2.63. The molecule has 1 atom stereocenters. The van der Waals surface area contributed by atoms with E-state index in [0.29, 0.717) is 29.6 Å². The number of likely N-dealkylation sites (N-methyl/N-ethyl adjacent to an activating group) is 1. The second kappa shape index (κ2) is 6.96. The zero-order chi connectivity index (χ0) is 13.5. The number of hydrogen-bond acceptors (Lipinski definition) is 5. The Morgan fingerprint density at radius 1 is 1.06 bits per heavy atom. The van der Waals surface area contributed by atoms with Gasteiger partial charge in [-0.3, -0.25) is 0 Å². The van der Waals surface area contributed by atoms with Crippen LogP contribution in [0.15, 0.2) is 12.1 Å². The van der Waals surface area contributed by atoms with Crippen molar-refractivity contribution < 1.29 is 18.9 Å². The lowest BCUT2D eigenvalue weighted by molar-refractivity contribution is 0.272. The quantitative estimate of drug-likeness (QED) is 0.803. The molecule has 1 aromatic carbocycles. The van der Waals surface area contributed by atoms with Crippen molar-refractivity contribution in [2.75, 3.05) is 35.0 Å². The van der Waals surface area contributed by atoms with Gasteiger partial charge in [-0.05, 0) is 14.0 Å². The van der Waals surface area contributed by atoms with Crippen LogP contribution in [-0.2, 0) is 0 Å². The van der Waals surface area contributed by atoms with E-state index in [4.69, 9.17) is 18.9 Å². The summed E-state index contributed by atoms with van der Waals surface area (Å²) in [5.74, 6) is 2.42. The first kappa shape index (κ1) is 14.4. The molecule has 0 amide bonds. The molecule has 102 valence electrons. The van der Waals surface area contributed by atoms with Gasteiger partial charge in [-0.15, -0.1) is 0 Å². The maximum atomic E-state index is 5.67. The fourth-order valence-corrected chi connectivity index (χ4v) is 1.44. The fourth-order valence-electron chi connectivity index (χ4n) is 1.44. The normalized spacial score (nSPS) is 11.8. The molecule has 0 aliphatic carbocycles. The van der Waals surface area contributed by atoms with Crippen molar-refractivity contribution in [3.63, 3.8) is 0 Å². The van der Waals surface area contributed by atoms with Gasteiger partial charge in [0.2, 0.25) is 5.75 Å². The van der Waals surface area contributed by atoms with E-state index in [0.717, 1.165) is 0 Å². The number of rotatable bonds is 7. The van der Waals surface area contributed by atoms with Crippen molar-refractivity contribution in [1.82, 2.24) is 5.32 Å². The molecular weight excluding hydrogens is 234 g/mol. The molecule has 0 aromatic heterocycles. The summed E-state index contributed by atoms with van der Waals surface area (Å²) >= 11 is 0. The smallest absolute Gasteiger partial charge is 0.203 e. The molecule has 0 aliphatic heterocycles. The van der Waals surface area contributed by atoms with Gasteiger partial charge in [-0.2, -0.15) is 0 Å². The molecule has 18 heavy (non-hydrogen) atoms. The Hall–Kier alpha value is -1.62. The van der Waals surface area contributed by atoms with Crippen molar-refractivity contribution in [1.29, 1.82) is 0 Å². The molecule has 0 aliphatic rings. The van der Waals surface area contributed by atoms with Crippen molar-refractivity contribution in [3.8, 4) is 23.0 Å². The molecule has 1 rings (SSSR count). The molecule has 0 heterocycles. The van der Waals surface area contributed by atoms with Crippen LogP contribution in [0, 0.1) is 0 Å². The van der Waals surface area contributed by atoms with E-state index < -0.39 is 0 Å². The van der Waals surface area contributed by atoms with E-state index in [2.05, 4.69) is 5.32 Å². The van der Waals surface area contributed by atoms with Crippen LogP contribution in [-0.4, -0.2) is 41.0 Å². The second-order valence-electron chi connectivity index (χ2n) is 3.86. The Morgan fingerprint density at radius 2 is 1.61 bits per heavy atom. The van der Waals surface area contributed by atoms with Gasteiger partial charge < -0.3 is 24.3 Å². The summed E-state index contributed by atoms with van der Waals surface area (Å²) in [5.41, 5.74) is 0. The zero-order valence-electron chi connectivity index (χ0n) is 11.6. The first-order chi connectivity index (χ1) is 8.65. The fraction of sp³-hybridized carbons (Fsp3) is 0.538. The maximum Gasteiger partial charge on any atom is 0.203 e. The van der Waals surface area contributed by atoms with E-state index in [1.54, 1.807) is 33.5 Å². The Kier molecular flexibility index (Phi) is 5.58. The zero-order valence-corrected chi connectivity index (χ0v) is 11.6. The number of nitrogens with one attached hydrogen (secondary N) is 1. The van der Waals surface area contributed by atoms with Gasteiger partial charge in [-0.1, -0.05) is 0 Å². The van der Waals surface area contributed by atoms with Crippen molar-refractivity contribution in [3.05, 3.63) is 12.1 Å². The predicted molar refractivity (Wildman–Crippen MR) is 70.1 cm³/mol. The largest absolute Gasteiger partial charge is 0.493 e.